The van der Waals surface area contributed by atoms with Crippen LogP contribution in [-0.4, -0.2) is 28.8 Å². The van der Waals surface area contributed by atoms with Crippen molar-refractivity contribution in [2.24, 2.45) is 0 Å². The molecule has 2 unspecified atom stereocenters. The third kappa shape index (κ3) is 4.60. The predicted octanol–water partition coefficient (Wildman–Crippen LogP) is 4.03. The summed E-state index contributed by atoms with van der Waals surface area (Å²) in [5, 5.41) is 11.4. The van der Waals surface area contributed by atoms with Crippen molar-refractivity contribution in [2.75, 3.05) is 6.61 Å². The second-order valence-electron chi connectivity index (χ2n) is 6.29. The summed E-state index contributed by atoms with van der Waals surface area (Å²) >= 11 is 1.12. The van der Waals surface area contributed by atoms with Crippen LogP contribution < -0.4 is 10.1 Å². The quantitative estimate of drug-likeness (QED) is 0.755. The third-order valence-electron chi connectivity index (χ3n) is 4.33. The monoisotopic (exact) mass is 389 g/mol. The molecule has 27 heavy (non-hydrogen) atoms. The Kier molecular flexibility index (Phi) is 6.01. The topological polar surface area (TPSA) is 75.6 Å². The Bertz CT molecular complexity index is 858. The van der Waals surface area contributed by atoms with Crippen LogP contribution in [0.25, 0.3) is 0 Å². The maximum atomic E-state index is 13.7. The van der Waals surface area contributed by atoms with Crippen LogP contribution in [0.2, 0.25) is 0 Å². The van der Waals surface area contributed by atoms with Gasteiger partial charge in [0.25, 0.3) is 5.91 Å². The molecule has 2 aromatic rings. The van der Waals surface area contributed by atoms with E-state index in [0.717, 1.165) is 18.2 Å². The number of halogens is 1. The summed E-state index contributed by atoms with van der Waals surface area (Å²) in [5.41, 5.74) is 1.02. The number of aliphatic carboxylic acids is 1. The van der Waals surface area contributed by atoms with Gasteiger partial charge in [0, 0.05) is 10.5 Å². The van der Waals surface area contributed by atoms with Gasteiger partial charge in [0.05, 0.1) is 18.2 Å². The maximum Gasteiger partial charge on any atom is 0.316 e. The lowest BCUT2D eigenvalue weighted by Gasteiger charge is -2.20. The number of ether oxygens (including phenoxy) is 1. The van der Waals surface area contributed by atoms with Gasteiger partial charge in [-0.05, 0) is 50.1 Å². The third-order valence-corrected chi connectivity index (χ3v) is 5.50. The van der Waals surface area contributed by atoms with E-state index < -0.39 is 11.2 Å². The van der Waals surface area contributed by atoms with Crippen molar-refractivity contribution in [3.8, 4) is 5.75 Å². The van der Waals surface area contributed by atoms with E-state index in [-0.39, 0.29) is 17.8 Å². The number of fused-ring (bicyclic) bond motifs is 1. The Balaban J connectivity index is 1.84. The van der Waals surface area contributed by atoms with Gasteiger partial charge in [0.1, 0.15) is 16.8 Å². The van der Waals surface area contributed by atoms with Crippen molar-refractivity contribution < 1.29 is 23.8 Å². The Hall–Kier alpha value is -2.54. The van der Waals surface area contributed by atoms with Crippen molar-refractivity contribution in [1.82, 2.24) is 5.32 Å². The number of amides is 1. The number of nitrogens with one attached hydrogen (secondary N) is 1. The smallest absolute Gasteiger partial charge is 0.316 e. The van der Waals surface area contributed by atoms with E-state index in [1.54, 1.807) is 37.3 Å². The lowest BCUT2D eigenvalue weighted by molar-refractivity contribution is -0.136. The summed E-state index contributed by atoms with van der Waals surface area (Å²) in [7, 11) is 0. The van der Waals surface area contributed by atoms with Gasteiger partial charge >= 0.3 is 5.97 Å². The molecule has 142 valence electrons. The summed E-state index contributed by atoms with van der Waals surface area (Å²) in [6, 6.07) is 10.8. The number of hydrogen-bond donors (Lipinski definition) is 2. The van der Waals surface area contributed by atoms with Crippen molar-refractivity contribution in [2.45, 2.75) is 36.0 Å². The highest BCUT2D eigenvalue weighted by Gasteiger charge is 2.24. The minimum absolute atomic E-state index is 0.321. The van der Waals surface area contributed by atoms with E-state index >= 15 is 0 Å². The van der Waals surface area contributed by atoms with Crippen LogP contribution in [0.3, 0.4) is 0 Å². The molecule has 1 aliphatic heterocycles. The molecule has 0 fully saturated rings. The number of carbonyl (C=O) groups excluding carboxylic acids is 1. The SMILES string of the molecule is CC(Sc1ccccc1C(=O)NC1CCCOc2ccc(F)cc21)C(=O)O. The van der Waals surface area contributed by atoms with Gasteiger partial charge in [-0.1, -0.05) is 12.1 Å². The van der Waals surface area contributed by atoms with Gasteiger partial charge in [0.15, 0.2) is 0 Å². The van der Waals surface area contributed by atoms with Gasteiger partial charge < -0.3 is 15.2 Å². The summed E-state index contributed by atoms with van der Waals surface area (Å²) < 4.78 is 19.4. The number of hydrogen-bond acceptors (Lipinski definition) is 4. The van der Waals surface area contributed by atoms with Crippen LogP contribution in [0.1, 0.15) is 41.7 Å². The Morgan fingerprint density at radius 3 is 2.85 bits per heavy atom. The second kappa shape index (κ2) is 8.43. The molecule has 0 saturated carbocycles. The number of carboxylic acids is 1. The Morgan fingerprint density at radius 2 is 2.07 bits per heavy atom. The Labute approximate surface area is 160 Å². The minimum atomic E-state index is -0.944. The van der Waals surface area contributed by atoms with E-state index in [4.69, 9.17) is 9.84 Å². The van der Waals surface area contributed by atoms with Crippen LogP contribution in [0.5, 0.6) is 5.75 Å². The first-order valence-electron chi connectivity index (χ1n) is 8.67. The minimum Gasteiger partial charge on any atom is -0.493 e. The zero-order valence-corrected chi connectivity index (χ0v) is 15.6. The van der Waals surface area contributed by atoms with E-state index in [1.165, 1.54) is 12.1 Å². The van der Waals surface area contributed by atoms with Crippen LogP contribution in [0, 0.1) is 5.82 Å². The van der Waals surface area contributed by atoms with E-state index in [1.807, 2.05) is 0 Å². The molecule has 3 rings (SSSR count). The predicted molar refractivity (Wildman–Crippen MR) is 101 cm³/mol. The Morgan fingerprint density at radius 1 is 1.30 bits per heavy atom. The molecule has 0 aromatic heterocycles. The first-order chi connectivity index (χ1) is 13.0. The van der Waals surface area contributed by atoms with Gasteiger partial charge in [-0.2, -0.15) is 0 Å². The fourth-order valence-corrected chi connectivity index (χ4v) is 3.86. The van der Waals surface area contributed by atoms with E-state index in [2.05, 4.69) is 5.32 Å². The molecule has 0 radical (unpaired) electrons. The molecule has 2 aromatic carbocycles. The van der Waals surface area contributed by atoms with Crippen molar-refractivity contribution in [3.05, 3.63) is 59.4 Å². The number of thioether (sulfide) groups is 1. The highest BCUT2D eigenvalue weighted by atomic mass is 32.2. The average Bonchev–Trinajstić information content (AvgIpc) is 2.84. The van der Waals surface area contributed by atoms with Crippen LogP contribution >= 0.6 is 11.8 Å². The zero-order chi connectivity index (χ0) is 19.4. The number of benzene rings is 2. The number of carboxylic acid groups (broad SMARTS) is 1. The van der Waals surface area contributed by atoms with Crippen LogP contribution in [0.4, 0.5) is 4.39 Å². The molecular formula is C20H20FNO4S. The van der Waals surface area contributed by atoms with Gasteiger partial charge in [-0.25, -0.2) is 4.39 Å². The molecule has 0 saturated heterocycles. The van der Waals surface area contributed by atoms with Gasteiger partial charge in [-0.15, -0.1) is 11.8 Å². The van der Waals surface area contributed by atoms with E-state index in [9.17, 15) is 14.0 Å². The van der Waals surface area contributed by atoms with Crippen LogP contribution in [-0.2, 0) is 4.79 Å². The van der Waals surface area contributed by atoms with Crippen molar-refractivity contribution >= 4 is 23.6 Å². The fraction of sp³-hybridized carbons (Fsp3) is 0.300. The highest BCUT2D eigenvalue weighted by Crippen LogP contribution is 2.33. The molecule has 7 heteroatoms. The average molecular weight is 389 g/mol. The standard InChI is InChI=1S/C20H20FNO4S/c1-12(20(24)25)27-18-7-3-2-5-14(18)19(23)22-16-6-4-10-26-17-9-8-13(21)11-15(16)17/h2-3,5,7-9,11-12,16H,4,6,10H2,1H3,(H,22,23)(H,24,25). The largest absolute Gasteiger partial charge is 0.493 e. The molecule has 1 heterocycles. The molecule has 2 atom stereocenters. The maximum absolute atomic E-state index is 13.7. The fourth-order valence-electron chi connectivity index (χ4n) is 2.93. The zero-order valence-electron chi connectivity index (χ0n) is 14.8. The molecule has 0 spiro atoms. The van der Waals surface area contributed by atoms with E-state index in [0.29, 0.717) is 34.8 Å². The number of carbonyl (C=O) groups is 2. The summed E-state index contributed by atoms with van der Waals surface area (Å²) in [6.07, 6.45) is 1.36. The first kappa shape index (κ1) is 19.2. The molecular weight excluding hydrogens is 369 g/mol. The molecule has 0 bridgehead atoms. The van der Waals surface area contributed by atoms with Crippen molar-refractivity contribution in [1.29, 1.82) is 0 Å². The summed E-state index contributed by atoms with van der Waals surface area (Å²) in [6.45, 7) is 2.08. The van der Waals surface area contributed by atoms with Crippen molar-refractivity contribution in [3.63, 3.8) is 0 Å². The van der Waals surface area contributed by atoms with Gasteiger partial charge in [-0.3, -0.25) is 9.59 Å². The normalized spacial score (nSPS) is 17.2. The second-order valence-corrected chi connectivity index (χ2v) is 7.68. The van der Waals surface area contributed by atoms with Crippen LogP contribution in [0.15, 0.2) is 47.4 Å². The molecule has 2 N–H and O–H groups in total. The van der Waals surface area contributed by atoms with Gasteiger partial charge in [0.2, 0.25) is 0 Å². The molecule has 1 amide bonds. The summed E-state index contributed by atoms with van der Waals surface area (Å²) in [5.74, 6) is -1.08. The number of rotatable bonds is 5. The highest BCUT2D eigenvalue weighted by molar-refractivity contribution is 8.00. The first-order valence-corrected chi connectivity index (χ1v) is 9.55. The lowest BCUT2D eigenvalue weighted by atomic mass is 10.0. The molecule has 1 aliphatic rings. The molecule has 5 nitrogen and oxygen atoms in total. The lowest BCUT2D eigenvalue weighted by Crippen LogP contribution is -2.29. The summed E-state index contributed by atoms with van der Waals surface area (Å²) in [4.78, 5) is 24.6. The molecule has 0 aliphatic carbocycles.